The third-order valence-corrected chi connectivity index (χ3v) is 3.92. The summed E-state index contributed by atoms with van der Waals surface area (Å²) in [5, 5.41) is 5.17. The summed E-state index contributed by atoms with van der Waals surface area (Å²) in [6, 6.07) is 11.4. The lowest BCUT2D eigenvalue weighted by atomic mass is 10.2. The van der Waals surface area contributed by atoms with E-state index >= 15 is 0 Å². The Morgan fingerprint density at radius 3 is 2.91 bits per heavy atom. The predicted molar refractivity (Wildman–Crippen MR) is 90.6 cm³/mol. The molecule has 23 heavy (non-hydrogen) atoms. The monoisotopic (exact) mass is 325 g/mol. The molecule has 6 heteroatoms. The maximum absolute atomic E-state index is 12.0. The third-order valence-electron chi connectivity index (χ3n) is 3.16. The van der Waals surface area contributed by atoms with E-state index in [1.165, 1.54) is 11.3 Å². The highest BCUT2D eigenvalue weighted by Crippen LogP contribution is 2.24. The molecule has 2 heterocycles. The van der Waals surface area contributed by atoms with E-state index in [9.17, 15) is 4.79 Å². The van der Waals surface area contributed by atoms with Crippen LogP contribution in [0.25, 0.3) is 11.3 Å². The lowest BCUT2D eigenvalue weighted by Gasteiger charge is -2.08. The summed E-state index contributed by atoms with van der Waals surface area (Å²) in [5.41, 5.74) is 2.70. The quantitative estimate of drug-likeness (QED) is 0.779. The molecule has 0 aliphatic heterocycles. The van der Waals surface area contributed by atoms with Crippen molar-refractivity contribution in [1.82, 2.24) is 9.97 Å². The van der Waals surface area contributed by atoms with Crippen molar-refractivity contribution >= 4 is 22.4 Å². The van der Waals surface area contributed by atoms with E-state index < -0.39 is 0 Å². The number of nitrogens with zero attached hydrogens (tertiary/aromatic N) is 2. The summed E-state index contributed by atoms with van der Waals surface area (Å²) in [6.45, 7) is 1.89. The van der Waals surface area contributed by atoms with Crippen LogP contribution in [0.2, 0.25) is 0 Å². The zero-order chi connectivity index (χ0) is 16.1. The van der Waals surface area contributed by atoms with Crippen LogP contribution < -0.4 is 10.1 Å². The summed E-state index contributed by atoms with van der Waals surface area (Å²) in [4.78, 5) is 20.4. The van der Waals surface area contributed by atoms with Crippen LogP contribution in [-0.2, 0) is 4.79 Å². The molecule has 0 aliphatic rings. The Morgan fingerprint density at radius 1 is 1.26 bits per heavy atom. The van der Waals surface area contributed by atoms with Gasteiger partial charge in [0.2, 0.25) is 0 Å². The van der Waals surface area contributed by atoms with Crippen LogP contribution in [0.3, 0.4) is 0 Å². The number of aromatic nitrogens is 2. The Morgan fingerprint density at radius 2 is 2.13 bits per heavy atom. The molecule has 0 radical (unpaired) electrons. The Labute approximate surface area is 138 Å². The molecular formula is C17H15N3O2S. The first-order chi connectivity index (χ1) is 11.2. The van der Waals surface area contributed by atoms with Crippen molar-refractivity contribution in [2.75, 3.05) is 11.9 Å². The van der Waals surface area contributed by atoms with Gasteiger partial charge in [-0.1, -0.05) is 18.2 Å². The predicted octanol–water partition coefficient (Wildman–Crippen LogP) is 3.53. The number of amides is 1. The summed E-state index contributed by atoms with van der Waals surface area (Å²) >= 11 is 1.37. The van der Waals surface area contributed by atoms with Crippen molar-refractivity contribution in [2.45, 2.75) is 6.92 Å². The first-order valence-electron chi connectivity index (χ1n) is 7.06. The molecule has 1 amide bonds. The third kappa shape index (κ3) is 3.92. The number of carbonyl (C=O) groups is 1. The summed E-state index contributed by atoms with van der Waals surface area (Å²) < 4.78 is 5.52. The molecule has 0 atom stereocenters. The molecule has 0 saturated heterocycles. The van der Waals surface area contributed by atoms with E-state index in [1.54, 1.807) is 12.4 Å². The van der Waals surface area contributed by atoms with Crippen LogP contribution in [0.5, 0.6) is 5.75 Å². The maximum Gasteiger partial charge on any atom is 0.264 e. The first-order valence-corrected chi connectivity index (χ1v) is 7.94. The fourth-order valence-corrected chi connectivity index (χ4v) is 2.73. The van der Waals surface area contributed by atoms with Gasteiger partial charge in [0.05, 0.1) is 5.69 Å². The first kappa shape index (κ1) is 15.2. The number of anilines is 1. The molecule has 0 unspecified atom stereocenters. The maximum atomic E-state index is 12.0. The standard InChI is InChI=1S/C17H15N3O2S/c1-12-5-2-3-7-15(12)22-10-16(21)20-17-19-14(11-23-17)13-6-4-8-18-9-13/h2-9,11H,10H2,1H3,(H,19,20,21). The molecule has 5 nitrogen and oxygen atoms in total. The molecule has 0 bridgehead atoms. The smallest absolute Gasteiger partial charge is 0.264 e. The van der Waals surface area contributed by atoms with Crippen LogP contribution in [0.4, 0.5) is 5.13 Å². The van der Waals surface area contributed by atoms with Gasteiger partial charge in [-0.3, -0.25) is 15.1 Å². The van der Waals surface area contributed by atoms with E-state index in [1.807, 2.05) is 48.7 Å². The number of nitrogens with one attached hydrogen (secondary N) is 1. The molecule has 0 fully saturated rings. The minimum absolute atomic E-state index is 0.0489. The summed E-state index contributed by atoms with van der Waals surface area (Å²) in [5.74, 6) is 0.471. The van der Waals surface area contributed by atoms with Crippen LogP contribution in [0, 0.1) is 6.92 Å². The zero-order valence-electron chi connectivity index (χ0n) is 12.5. The van der Waals surface area contributed by atoms with Crippen LogP contribution in [0.15, 0.2) is 54.2 Å². The zero-order valence-corrected chi connectivity index (χ0v) is 13.3. The number of pyridine rings is 1. The Balaban J connectivity index is 1.58. The molecule has 0 aliphatic carbocycles. The largest absolute Gasteiger partial charge is 0.483 e. The van der Waals surface area contributed by atoms with E-state index in [4.69, 9.17) is 4.74 Å². The number of aryl methyl sites for hydroxylation is 1. The molecule has 3 aromatic rings. The fraction of sp³-hybridized carbons (Fsp3) is 0.118. The van der Waals surface area contributed by atoms with Gasteiger partial charge in [0.25, 0.3) is 5.91 Å². The molecule has 3 rings (SSSR count). The number of para-hydroxylation sites is 1. The molecule has 1 aromatic carbocycles. The van der Waals surface area contributed by atoms with Gasteiger partial charge in [-0.2, -0.15) is 0 Å². The van der Waals surface area contributed by atoms with Gasteiger partial charge in [-0.15, -0.1) is 11.3 Å². The molecule has 2 aromatic heterocycles. The lowest BCUT2D eigenvalue weighted by molar-refractivity contribution is -0.118. The van der Waals surface area contributed by atoms with Gasteiger partial charge < -0.3 is 4.74 Å². The van der Waals surface area contributed by atoms with E-state index in [0.717, 1.165) is 16.8 Å². The highest BCUT2D eigenvalue weighted by molar-refractivity contribution is 7.14. The van der Waals surface area contributed by atoms with Gasteiger partial charge in [0.1, 0.15) is 5.75 Å². The number of hydrogen-bond acceptors (Lipinski definition) is 5. The normalized spacial score (nSPS) is 10.3. The molecular weight excluding hydrogens is 310 g/mol. The van der Waals surface area contributed by atoms with Gasteiger partial charge in [0, 0.05) is 23.3 Å². The number of carbonyl (C=O) groups excluding carboxylic acids is 1. The van der Waals surface area contributed by atoms with E-state index in [2.05, 4.69) is 15.3 Å². The minimum atomic E-state index is -0.236. The van der Waals surface area contributed by atoms with Gasteiger partial charge in [0.15, 0.2) is 11.7 Å². The highest BCUT2D eigenvalue weighted by atomic mass is 32.1. The van der Waals surface area contributed by atoms with Crippen molar-refractivity contribution in [3.63, 3.8) is 0 Å². The number of thiazole rings is 1. The number of hydrogen-bond donors (Lipinski definition) is 1. The molecule has 116 valence electrons. The molecule has 0 saturated carbocycles. The van der Waals surface area contributed by atoms with Gasteiger partial charge in [-0.25, -0.2) is 4.98 Å². The second-order valence-corrected chi connectivity index (χ2v) is 5.74. The molecule has 0 spiro atoms. The lowest BCUT2D eigenvalue weighted by Crippen LogP contribution is -2.20. The van der Waals surface area contributed by atoms with Crippen LogP contribution >= 0.6 is 11.3 Å². The van der Waals surface area contributed by atoms with Crippen LogP contribution in [-0.4, -0.2) is 22.5 Å². The fourth-order valence-electron chi connectivity index (χ4n) is 2.00. The Hall–Kier alpha value is -2.73. The Bertz CT molecular complexity index is 802. The van der Waals surface area contributed by atoms with E-state index in [0.29, 0.717) is 10.9 Å². The van der Waals surface area contributed by atoms with Crippen molar-refractivity contribution in [3.05, 3.63) is 59.7 Å². The topological polar surface area (TPSA) is 64.1 Å². The summed E-state index contributed by atoms with van der Waals surface area (Å²) in [7, 11) is 0. The highest BCUT2D eigenvalue weighted by Gasteiger charge is 2.09. The number of ether oxygens (including phenoxy) is 1. The van der Waals surface area contributed by atoms with E-state index in [-0.39, 0.29) is 12.5 Å². The van der Waals surface area contributed by atoms with Crippen molar-refractivity contribution in [3.8, 4) is 17.0 Å². The number of rotatable bonds is 5. The average Bonchev–Trinajstić information content (AvgIpc) is 3.03. The average molecular weight is 325 g/mol. The SMILES string of the molecule is Cc1ccccc1OCC(=O)Nc1nc(-c2cccnc2)cs1. The van der Waals surface area contributed by atoms with Gasteiger partial charge >= 0.3 is 0 Å². The minimum Gasteiger partial charge on any atom is -0.483 e. The van der Waals surface area contributed by atoms with Crippen molar-refractivity contribution < 1.29 is 9.53 Å². The summed E-state index contributed by atoms with van der Waals surface area (Å²) in [6.07, 6.45) is 3.45. The molecule has 1 N–H and O–H groups in total. The second-order valence-electron chi connectivity index (χ2n) is 4.88. The van der Waals surface area contributed by atoms with Crippen LogP contribution in [0.1, 0.15) is 5.56 Å². The second kappa shape index (κ2) is 7.02. The van der Waals surface area contributed by atoms with Crippen molar-refractivity contribution in [2.24, 2.45) is 0 Å². The Kier molecular flexibility index (Phi) is 4.63. The van der Waals surface area contributed by atoms with Crippen molar-refractivity contribution in [1.29, 1.82) is 0 Å². The number of benzene rings is 1. The van der Waals surface area contributed by atoms with Gasteiger partial charge in [-0.05, 0) is 30.7 Å².